The molecule has 0 aliphatic rings. The van der Waals surface area contributed by atoms with Gasteiger partial charge in [-0.25, -0.2) is 0 Å². The van der Waals surface area contributed by atoms with Crippen molar-refractivity contribution in [2.45, 2.75) is 6.92 Å². The number of aryl methyl sites for hydroxylation is 1. The molecule has 0 aliphatic heterocycles. The van der Waals surface area contributed by atoms with Gasteiger partial charge in [0.1, 0.15) is 0 Å². The topological polar surface area (TPSA) is 0 Å². The molecule has 0 N–H and O–H groups in total. The van der Waals surface area contributed by atoms with Gasteiger partial charge in [-0.15, -0.1) is 34.8 Å². The molecule has 3 heteroatoms. The number of hydrogen-bond donors (Lipinski definition) is 0. The van der Waals surface area contributed by atoms with Gasteiger partial charge in [0.15, 0.2) is 0 Å². The second-order valence-electron chi connectivity index (χ2n) is 1.80. The van der Waals surface area contributed by atoms with Crippen LogP contribution in [0.4, 0.5) is 0 Å². The van der Waals surface area contributed by atoms with Crippen molar-refractivity contribution in [2.75, 3.05) is 0 Å². The van der Waals surface area contributed by atoms with Crippen molar-refractivity contribution in [3.8, 4) is 0 Å². The van der Waals surface area contributed by atoms with E-state index in [0.29, 0.717) is 10.0 Å². The third-order valence-corrected chi connectivity index (χ3v) is 1.67. The molecule has 1 radical (unpaired) electrons. The molecule has 0 nitrogen and oxygen atoms in total. The Balaban J connectivity index is 0.000000810. The maximum Gasteiger partial charge on any atom is 0 e. The van der Waals surface area contributed by atoms with E-state index in [9.17, 15) is 0 Å². The van der Waals surface area contributed by atoms with E-state index < -0.39 is 0 Å². The van der Waals surface area contributed by atoms with E-state index in [1.165, 1.54) is 0 Å². The zero-order chi connectivity index (χ0) is 6.85. The van der Waals surface area contributed by atoms with Gasteiger partial charge < -0.3 is 0 Å². The Morgan fingerprint density at radius 3 is 2.30 bits per heavy atom. The first-order valence-electron chi connectivity index (χ1n) is 2.54. The average Bonchev–Trinajstić information content (AvgIpc) is 1.80. The summed E-state index contributed by atoms with van der Waals surface area (Å²) in [5, 5.41) is 1.16. The largest absolute Gasteiger partial charge is 0.167 e. The smallest absolute Gasteiger partial charge is 0 e. The van der Waals surface area contributed by atoms with Crippen molar-refractivity contribution in [3.63, 3.8) is 0 Å². The molecule has 1 aromatic rings. The van der Waals surface area contributed by atoms with Crippen molar-refractivity contribution >= 4 is 23.2 Å². The Morgan fingerprint density at radius 2 is 1.90 bits per heavy atom. The first-order chi connectivity index (χ1) is 4.20. The summed E-state index contributed by atoms with van der Waals surface area (Å²) in [6.45, 7) is 1.91. The van der Waals surface area contributed by atoms with Crippen molar-refractivity contribution < 1.29 is 32.7 Å². The van der Waals surface area contributed by atoms with Crippen LogP contribution >= 0.6 is 23.2 Å². The van der Waals surface area contributed by atoms with E-state index in [0.717, 1.165) is 5.56 Å². The van der Waals surface area contributed by atoms with Crippen molar-refractivity contribution in [3.05, 3.63) is 33.8 Å². The second kappa shape index (κ2) is 4.72. The van der Waals surface area contributed by atoms with Gasteiger partial charge in [-0.1, -0.05) is 17.0 Å². The van der Waals surface area contributed by atoms with Gasteiger partial charge in [0.25, 0.3) is 0 Å². The fraction of sp³-hybridized carbons (Fsp3) is 0.143. The van der Waals surface area contributed by atoms with Gasteiger partial charge in [-0.2, -0.15) is 12.1 Å². The van der Waals surface area contributed by atoms with E-state index >= 15 is 0 Å². The van der Waals surface area contributed by atoms with Crippen LogP contribution in [0.15, 0.2) is 12.1 Å². The monoisotopic (exact) mass is 248 g/mol. The fourth-order valence-electron chi connectivity index (χ4n) is 0.516. The Bertz CT molecular complexity index is 223. The minimum Gasteiger partial charge on any atom is -0.167 e. The standard InChI is InChI=1S/C7H5Cl2.Y/c1-5-2-3-6(8)4-7(5)9;/h2-3H,1H3;/q-1;. The maximum absolute atomic E-state index is 5.67. The number of benzene rings is 1. The van der Waals surface area contributed by atoms with Crippen LogP contribution in [0.1, 0.15) is 5.56 Å². The van der Waals surface area contributed by atoms with E-state index in [-0.39, 0.29) is 32.7 Å². The summed E-state index contributed by atoms with van der Waals surface area (Å²) < 4.78 is 0. The Labute approximate surface area is 95.8 Å². The Morgan fingerprint density at radius 1 is 1.30 bits per heavy atom. The maximum atomic E-state index is 5.67. The number of hydrogen-bond acceptors (Lipinski definition) is 0. The van der Waals surface area contributed by atoms with Crippen LogP contribution in [0.2, 0.25) is 10.0 Å². The third kappa shape index (κ3) is 2.88. The molecule has 0 fully saturated rings. The molecule has 1 aromatic carbocycles. The van der Waals surface area contributed by atoms with Crippen LogP contribution in [0.5, 0.6) is 0 Å². The van der Waals surface area contributed by atoms with Crippen LogP contribution in [0, 0.1) is 13.0 Å². The van der Waals surface area contributed by atoms with Gasteiger partial charge >= 0.3 is 0 Å². The van der Waals surface area contributed by atoms with Crippen LogP contribution < -0.4 is 0 Å². The molecule has 0 spiro atoms. The molecule has 0 aliphatic carbocycles. The molecule has 10 heavy (non-hydrogen) atoms. The summed E-state index contributed by atoms with van der Waals surface area (Å²) in [5.74, 6) is 0. The normalized spacial score (nSPS) is 8.70. The Hall–Kier alpha value is 0.904. The molecule has 0 unspecified atom stereocenters. The average molecular weight is 249 g/mol. The first kappa shape index (κ1) is 10.9. The molecule has 0 atom stereocenters. The fourth-order valence-corrected chi connectivity index (χ4v) is 0.887. The molecule has 0 saturated heterocycles. The molecule has 1 rings (SSSR count). The van der Waals surface area contributed by atoms with Crippen LogP contribution in [0.3, 0.4) is 0 Å². The molecule has 0 saturated carbocycles. The van der Waals surface area contributed by atoms with E-state index in [1.54, 1.807) is 6.07 Å². The van der Waals surface area contributed by atoms with Gasteiger partial charge in [0.2, 0.25) is 0 Å². The van der Waals surface area contributed by atoms with Gasteiger partial charge in [-0.05, 0) is 0 Å². The summed E-state index contributed by atoms with van der Waals surface area (Å²) >= 11 is 11.3. The summed E-state index contributed by atoms with van der Waals surface area (Å²) in [4.78, 5) is 0. The van der Waals surface area contributed by atoms with Crippen LogP contribution in [-0.2, 0) is 32.7 Å². The predicted molar refractivity (Wildman–Crippen MR) is 40.0 cm³/mol. The van der Waals surface area contributed by atoms with Crippen molar-refractivity contribution in [2.24, 2.45) is 0 Å². The molecule has 0 heterocycles. The molecule has 51 valence electrons. The van der Waals surface area contributed by atoms with Crippen LogP contribution in [-0.4, -0.2) is 0 Å². The summed E-state index contributed by atoms with van der Waals surface area (Å²) in [6.07, 6.45) is 0. The number of halogens is 2. The van der Waals surface area contributed by atoms with Gasteiger partial charge in [0.05, 0.1) is 0 Å². The van der Waals surface area contributed by atoms with E-state index in [1.807, 2.05) is 13.0 Å². The molecular formula is C7H5Cl2Y-. The predicted octanol–water partition coefficient (Wildman–Crippen LogP) is 3.10. The molecule has 0 amide bonds. The summed E-state index contributed by atoms with van der Waals surface area (Å²) in [5.41, 5.74) is 1.00. The first-order valence-corrected chi connectivity index (χ1v) is 3.29. The SMILES string of the molecule is Cc1ccc(Cl)[c-]c1Cl.[Y]. The minimum atomic E-state index is 0. The van der Waals surface area contributed by atoms with Gasteiger partial charge in [0, 0.05) is 32.7 Å². The summed E-state index contributed by atoms with van der Waals surface area (Å²) in [6, 6.07) is 6.40. The summed E-state index contributed by atoms with van der Waals surface area (Å²) in [7, 11) is 0. The van der Waals surface area contributed by atoms with Crippen molar-refractivity contribution in [1.82, 2.24) is 0 Å². The van der Waals surface area contributed by atoms with Crippen molar-refractivity contribution in [1.29, 1.82) is 0 Å². The van der Waals surface area contributed by atoms with E-state index in [2.05, 4.69) is 6.07 Å². The second-order valence-corrected chi connectivity index (χ2v) is 2.59. The molecule has 0 aromatic heterocycles. The van der Waals surface area contributed by atoms with E-state index in [4.69, 9.17) is 23.2 Å². The number of rotatable bonds is 0. The quantitative estimate of drug-likeness (QED) is 0.619. The third-order valence-electron chi connectivity index (χ3n) is 1.06. The molecular weight excluding hydrogens is 244 g/mol. The van der Waals surface area contributed by atoms with Gasteiger partial charge in [-0.3, -0.25) is 0 Å². The Kier molecular flexibility index (Phi) is 5.14. The molecule has 0 bridgehead atoms. The minimum absolute atomic E-state index is 0. The van der Waals surface area contributed by atoms with Crippen LogP contribution in [0.25, 0.3) is 0 Å². The zero-order valence-electron chi connectivity index (χ0n) is 5.49. The zero-order valence-corrected chi connectivity index (χ0v) is 9.84.